The van der Waals surface area contributed by atoms with Gasteiger partial charge in [0, 0.05) is 24.8 Å². The summed E-state index contributed by atoms with van der Waals surface area (Å²) in [6, 6.07) is 11.2. The summed E-state index contributed by atoms with van der Waals surface area (Å²) in [5.41, 5.74) is 10.1. The number of hydrogen-bond donors (Lipinski definition) is 2. The van der Waals surface area contributed by atoms with Crippen molar-refractivity contribution in [1.82, 2.24) is 0 Å². The van der Waals surface area contributed by atoms with Crippen molar-refractivity contribution in [2.24, 2.45) is 11.7 Å². The number of aliphatic hydroxyl groups excluding tert-OH is 1. The van der Waals surface area contributed by atoms with Gasteiger partial charge in [-0.25, -0.2) is 4.39 Å². The number of methoxy groups -OCH3 is 1. The summed E-state index contributed by atoms with van der Waals surface area (Å²) in [7, 11) is 1.52. The van der Waals surface area contributed by atoms with Crippen molar-refractivity contribution >= 4 is 0 Å². The molecule has 5 heteroatoms. The molecule has 1 aliphatic carbocycles. The highest BCUT2D eigenvalue weighted by atomic mass is 19.1. The Labute approximate surface area is 172 Å². The van der Waals surface area contributed by atoms with Crippen LogP contribution in [0.3, 0.4) is 0 Å². The largest absolute Gasteiger partial charge is 0.497 e. The molecule has 0 heterocycles. The molecular formula is C24H32FNO3. The lowest BCUT2D eigenvalue weighted by Gasteiger charge is -2.26. The number of fused-ring (bicyclic) bond motifs is 1. The van der Waals surface area contributed by atoms with Gasteiger partial charge in [-0.15, -0.1) is 0 Å². The van der Waals surface area contributed by atoms with Crippen LogP contribution in [0.2, 0.25) is 0 Å². The van der Waals surface area contributed by atoms with Crippen LogP contribution in [0.1, 0.15) is 48.3 Å². The van der Waals surface area contributed by atoms with E-state index in [1.165, 1.54) is 35.9 Å². The number of halogens is 1. The molecule has 0 fully saturated rings. The predicted molar refractivity (Wildman–Crippen MR) is 113 cm³/mol. The molecule has 29 heavy (non-hydrogen) atoms. The second-order valence-electron chi connectivity index (χ2n) is 7.93. The fourth-order valence-electron chi connectivity index (χ4n) is 4.12. The standard InChI is InChI=1S/C24H32FNO3/c1-28-23-12-22(25)13-24(14-23)29-16-17-5-6-19-11-20(8-7-18(19)10-17)21(15-26)4-2-3-9-27/h7-8,11-14,17,21,27H,2-6,9-10,15-16,26H2,1H3/t17-,21+/m1/s1. The molecule has 3 rings (SSSR count). The van der Waals surface area contributed by atoms with Gasteiger partial charge < -0.3 is 20.3 Å². The van der Waals surface area contributed by atoms with Crippen LogP contribution in [0.25, 0.3) is 0 Å². The maximum Gasteiger partial charge on any atom is 0.130 e. The summed E-state index contributed by atoms with van der Waals surface area (Å²) in [6.45, 7) is 1.45. The Bertz CT molecular complexity index is 796. The number of benzene rings is 2. The van der Waals surface area contributed by atoms with Crippen molar-refractivity contribution in [3.8, 4) is 11.5 Å². The molecule has 0 saturated carbocycles. The van der Waals surface area contributed by atoms with E-state index in [1.54, 1.807) is 6.07 Å². The number of ether oxygens (including phenoxy) is 2. The Morgan fingerprint density at radius 2 is 1.97 bits per heavy atom. The van der Waals surface area contributed by atoms with Crippen LogP contribution < -0.4 is 15.2 Å². The van der Waals surface area contributed by atoms with Gasteiger partial charge in [0.1, 0.15) is 17.3 Å². The Morgan fingerprint density at radius 1 is 1.14 bits per heavy atom. The lowest BCUT2D eigenvalue weighted by Crippen LogP contribution is -2.21. The van der Waals surface area contributed by atoms with Crippen molar-refractivity contribution in [2.75, 3.05) is 26.9 Å². The molecule has 2 atom stereocenters. The summed E-state index contributed by atoms with van der Waals surface area (Å²) in [4.78, 5) is 0. The first kappa shape index (κ1) is 21.6. The van der Waals surface area contributed by atoms with Crippen LogP contribution in [0.15, 0.2) is 36.4 Å². The van der Waals surface area contributed by atoms with E-state index in [0.717, 1.165) is 38.5 Å². The second kappa shape index (κ2) is 10.6. The Morgan fingerprint density at radius 3 is 2.72 bits per heavy atom. The van der Waals surface area contributed by atoms with Crippen LogP contribution in [0, 0.1) is 11.7 Å². The third-order valence-corrected chi connectivity index (χ3v) is 5.84. The van der Waals surface area contributed by atoms with Crippen LogP contribution in [0.5, 0.6) is 11.5 Å². The molecule has 0 bridgehead atoms. The number of nitrogens with two attached hydrogens (primary N) is 1. The molecule has 0 radical (unpaired) electrons. The molecule has 2 aromatic rings. The van der Waals surface area contributed by atoms with E-state index >= 15 is 0 Å². The molecule has 0 spiro atoms. The first-order valence-electron chi connectivity index (χ1n) is 10.5. The van der Waals surface area contributed by atoms with Crippen LogP contribution in [-0.4, -0.2) is 32.0 Å². The molecule has 0 aromatic heterocycles. The summed E-state index contributed by atoms with van der Waals surface area (Å²) in [5.74, 6) is 1.40. The average molecular weight is 402 g/mol. The predicted octanol–water partition coefficient (Wildman–Crippen LogP) is 4.22. The molecule has 0 amide bonds. The Kier molecular flexibility index (Phi) is 7.90. The van der Waals surface area contributed by atoms with Crippen molar-refractivity contribution in [2.45, 2.75) is 44.4 Å². The number of aryl methyl sites for hydroxylation is 1. The molecule has 3 N–H and O–H groups in total. The number of unbranched alkanes of at least 4 members (excludes halogenated alkanes) is 1. The van der Waals surface area contributed by atoms with Gasteiger partial charge >= 0.3 is 0 Å². The molecule has 0 unspecified atom stereocenters. The van der Waals surface area contributed by atoms with Gasteiger partial charge in [-0.1, -0.05) is 24.6 Å². The van der Waals surface area contributed by atoms with Crippen molar-refractivity contribution in [3.63, 3.8) is 0 Å². The summed E-state index contributed by atoms with van der Waals surface area (Å²) in [5, 5.41) is 9.00. The Hall–Kier alpha value is -2.11. The van der Waals surface area contributed by atoms with Gasteiger partial charge in [-0.05, 0) is 67.2 Å². The van der Waals surface area contributed by atoms with Gasteiger partial charge in [0.05, 0.1) is 13.7 Å². The van der Waals surface area contributed by atoms with E-state index < -0.39 is 0 Å². The molecule has 4 nitrogen and oxygen atoms in total. The minimum absolute atomic E-state index is 0.243. The van der Waals surface area contributed by atoms with E-state index in [9.17, 15) is 4.39 Å². The van der Waals surface area contributed by atoms with Crippen molar-refractivity contribution in [1.29, 1.82) is 0 Å². The van der Waals surface area contributed by atoms with Crippen molar-refractivity contribution < 1.29 is 19.0 Å². The van der Waals surface area contributed by atoms with E-state index in [2.05, 4.69) is 18.2 Å². The van der Waals surface area contributed by atoms with Crippen molar-refractivity contribution in [3.05, 3.63) is 58.9 Å². The SMILES string of the molecule is COc1cc(F)cc(OC[C@@H]2CCc3cc([C@H](CN)CCCCO)ccc3C2)c1. The van der Waals surface area contributed by atoms with E-state index in [4.69, 9.17) is 20.3 Å². The van der Waals surface area contributed by atoms with E-state index in [1.807, 2.05) is 0 Å². The van der Waals surface area contributed by atoms with Gasteiger partial charge in [-0.3, -0.25) is 0 Å². The summed E-state index contributed by atoms with van der Waals surface area (Å²) >= 11 is 0. The zero-order valence-electron chi connectivity index (χ0n) is 17.2. The smallest absolute Gasteiger partial charge is 0.130 e. The highest BCUT2D eigenvalue weighted by molar-refractivity contribution is 5.36. The fraction of sp³-hybridized carbons (Fsp3) is 0.500. The summed E-state index contributed by atoms with van der Waals surface area (Å²) in [6.07, 6.45) is 5.90. The molecular weight excluding hydrogens is 369 g/mol. The quantitative estimate of drug-likeness (QED) is 0.585. The molecule has 0 saturated heterocycles. The Balaban J connectivity index is 1.59. The van der Waals surface area contributed by atoms with Gasteiger partial charge in [0.25, 0.3) is 0 Å². The number of rotatable bonds is 10. The third-order valence-electron chi connectivity index (χ3n) is 5.84. The molecule has 0 aliphatic heterocycles. The molecule has 158 valence electrons. The minimum atomic E-state index is -0.352. The topological polar surface area (TPSA) is 64.7 Å². The maximum atomic E-state index is 13.6. The number of aliphatic hydroxyl groups is 1. The maximum absolute atomic E-state index is 13.6. The highest BCUT2D eigenvalue weighted by Gasteiger charge is 2.21. The lowest BCUT2D eigenvalue weighted by atomic mass is 9.81. The first-order valence-corrected chi connectivity index (χ1v) is 10.5. The van der Waals surface area contributed by atoms with E-state index in [-0.39, 0.29) is 12.4 Å². The minimum Gasteiger partial charge on any atom is -0.497 e. The fourth-order valence-corrected chi connectivity index (χ4v) is 4.12. The average Bonchev–Trinajstić information content (AvgIpc) is 2.74. The monoisotopic (exact) mass is 401 g/mol. The normalized spacial score (nSPS) is 16.9. The summed E-state index contributed by atoms with van der Waals surface area (Å²) < 4.78 is 24.6. The lowest BCUT2D eigenvalue weighted by molar-refractivity contribution is 0.232. The first-order chi connectivity index (χ1) is 14.1. The van der Waals surface area contributed by atoms with Crippen LogP contribution in [0.4, 0.5) is 4.39 Å². The second-order valence-corrected chi connectivity index (χ2v) is 7.93. The van der Waals surface area contributed by atoms with E-state index in [0.29, 0.717) is 36.5 Å². The zero-order valence-corrected chi connectivity index (χ0v) is 17.2. The highest BCUT2D eigenvalue weighted by Crippen LogP contribution is 2.31. The van der Waals surface area contributed by atoms with Crippen LogP contribution in [-0.2, 0) is 12.8 Å². The van der Waals surface area contributed by atoms with Crippen LogP contribution >= 0.6 is 0 Å². The third kappa shape index (κ3) is 5.94. The number of hydrogen-bond acceptors (Lipinski definition) is 4. The molecule has 2 aromatic carbocycles. The molecule has 1 aliphatic rings. The van der Waals surface area contributed by atoms with Gasteiger partial charge in [0.2, 0.25) is 0 Å². The van der Waals surface area contributed by atoms with Gasteiger partial charge in [0.15, 0.2) is 0 Å². The zero-order chi connectivity index (χ0) is 20.6. The van der Waals surface area contributed by atoms with Gasteiger partial charge in [-0.2, -0.15) is 0 Å².